The van der Waals surface area contributed by atoms with Gasteiger partial charge in [0.2, 0.25) is 19.3 Å². The number of nitriles is 1. The summed E-state index contributed by atoms with van der Waals surface area (Å²) in [6.45, 7) is 0. The summed E-state index contributed by atoms with van der Waals surface area (Å²) in [6.07, 6.45) is 2.18. The molecule has 0 radical (unpaired) electrons. The summed E-state index contributed by atoms with van der Waals surface area (Å²) in [5.74, 6) is -1.41. The van der Waals surface area contributed by atoms with Crippen molar-refractivity contribution < 1.29 is 27.5 Å². The van der Waals surface area contributed by atoms with Crippen LogP contribution < -0.4 is 14.8 Å². The number of benzene rings is 2. The number of methoxy groups -OCH3 is 1. The summed E-state index contributed by atoms with van der Waals surface area (Å²) in [5, 5.41) is 18.7. The van der Waals surface area contributed by atoms with Crippen molar-refractivity contribution in [1.29, 1.82) is 5.26 Å². The number of nitrogens with one attached hydrogen (secondary N) is 1. The lowest BCUT2D eigenvalue weighted by atomic mass is 10.1. The molecule has 0 spiro atoms. The number of anilines is 1. The molecule has 0 aliphatic heterocycles. The van der Waals surface area contributed by atoms with Gasteiger partial charge in [0, 0.05) is 6.26 Å². The van der Waals surface area contributed by atoms with Crippen LogP contribution in [0, 0.1) is 11.3 Å². The minimum atomic E-state index is -3.59. The summed E-state index contributed by atoms with van der Waals surface area (Å²) in [6, 6.07) is 12.8. The zero-order valence-corrected chi connectivity index (χ0v) is 20.0. The zero-order valence-electron chi connectivity index (χ0n) is 17.6. The number of esters is 1. The number of nitrogens with zero attached hydrogens (tertiary/aromatic N) is 3. The third kappa shape index (κ3) is 5.96. The Hall–Kier alpha value is -3.79. The maximum absolute atomic E-state index is 12.5. The Kier molecular flexibility index (Phi) is 7.62. The van der Waals surface area contributed by atoms with Crippen LogP contribution in [0.5, 0.6) is 11.5 Å². The van der Waals surface area contributed by atoms with Crippen LogP contribution in [0.3, 0.4) is 0 Å². The number of halogens is 1. The normalized spacial score (nSPS) is 11.4. The van der Waals surface area contributed by atoms with Crippen LogP contribution in [0.4, 0.5) is 5.13 Å². The molecule has 34 heavy (non-hydrogen) atoms. The summed E-state index contributed by atoms with van der Waals surface area (Å²) in [4.78, 5) is 24.8. The molecule has 3 rings (SSSR count). The monoisotopic (exact) mass is 518 g/mol. The molecule has 0 aliphatic carbocycles. The van der Waals surface area contributed by atoms with Crippen molar-refractivity contribution in [2.45, 2.75) is 4.34 Å². The average molecular weight is 519 g/mol. The van der Waals surface area contributed by atoms with E-state index in [1.54, 1.807) is 36.4 Å². The van der Waals surface area contributed by atoms with E-state index >= 15 is 0 Å². The second-order valence-electron chi connectivity index (χ2n) is 6.56. The molecule has 3 aromatic rings. The van der Waals surface area contributed by atoms with Gasteiger partial charge in [0.05, 0.1) is 17.7 Å². The van der Waals surface area contributed by atoms with E-state index in [0.29, 0.717) is 22.5 Å². The molecular weight excluding hydrogens is 504 g/mol. The molecule has 0 aliphatic rings. The van der Waals surface area contributed by atoms with Gasteiger partial charge in [0.15, 0.2) is 11.5 Å². The van der Waals surface area contributed by atoms with E-state index in [1.807, 2.05) is 0 Å². The van der Waals surface area contributed by atoms with E-state index in [-0.39, 0.29) is 31.6 Å². The lowest BCUT2D eigenvalue weighted by Gasteiger charge is -2.12. The third-order valence-corrected chi connectivity index (χ3v) is 6.86. The lowest BCUT2D eigenvalue weighted by molar-refractivity contribution is -0.112. The van der Waals surface area contributed by atoms with E-state index in [9.17, 15) is 23.3 Å². The highest BCUT2D eigenvalue weighted by Gasteiger charge is 2.19. The molecule has 0 saturated carbocycles. The molecule has 1 N–H and O–H groups in total. The highest BCUT2D eigenvalue weighted by atomic mass is 35.5. The second kappa shape index (κ2) is 10.4. The molecule has 1 aromatic heterocycles. The van der Waals surface area contributed by atoms with Gasteiger partial charge in [0.25, 0.3) is 5.91 Å². The van der Waals surface area contributed by atoms with Crippen molar-refractivity contribution in [3.8, 4) is 17.6 Å². The Morgan fingerprint density at radius 3 is 2.50 bits per heavy atom. The summed E-state index contributed by atoms with van der Waals surface area (Å²) < 4.78 is 33.4. The SMILES string of the molecule is COc1cc(/C=C(/C#N)C(=O)Nc2nnc(S(C)(=O)=O)s2)cc(Cl)c1OC(=O)c1ccccc1. The highest BCUT2D eigenvalue weighted by Crippen LogP contribution is 2.37. The Morgan fingerprint density at radius 1 is 1.21 bits per heavy atom. The molecule has 1 heterocycles. The fourth-order valence-corrected chi connectivity index (χ4v) is 4.30. The van der Waals surface area contributed by atoms with Crippen molar-refractivity contribution >= 4 is 55.9 Å². The minimum Gasteiger partial charge on any atom is -0.493 e. The van der Waals surface area contributed by atoms with Gasteiger partial charge in [-0.3, -0.25) is 10.1 Å². The molecule has 0 unspecified atom stereocenters. The maximum Gasteiger partial charge on any atom is 0.343 e. The molecular formula is C21H15ClN4O6S2. The highest BCUT2D eigenvalue weighted by molar-refractivity contribution is 7.92. The van der Waals surface area contributed by atoms with Gasteiger partial charge >= 0.3 is 5.97 Å². The molecule has 0 bridgehead atoms. The molecule has 2 aromatic carbocycles. The molecule has 13 heteroatoms. The van der Waals surface area contributed by atoms with Crippen molar-refractivity contribution in [3.63, 3.8) is 0 Å². The number of carbonyl (C=O) groups is 2. The van der Waals surface area contributed by atoms with E-state index in [4.69, 9.17) is 21.1 Å². The molecule has 0 fully saturated rings. The summed E-state index contributed by atoms with van der Waals surface area (Å²) >= 11 is 6.93. The predicted molar refractivity (Wildman–Crippen MR) is 125 cm³/mol. The number of ether oxygens (including phenoxy) is 2. The first kappa shape index (κ1) is 24.8. The number of amides is 1. The standard InChI is InChI=1S/C21H15ClN4O6S2/c1-31-16-10-12(9-15(22)17(16)32-19(28)13-6-4-3-5-7-13)8-14(11-23)18(27)24-20-25-26-21(33-20)34(2,29)30/h3-10H,1-2H3,(H,24,25,27)/b14-8-. The molecule has 174 valence electrons. The second-order valence-corrected chi connectivity index (χ2v) is 10.1. The Bertz CT molecular complexity index is 1430. The molecule has 10 nitrogen and oxygen atoms in total. The van der Waals surface area contributed by atoms with Crippen LogP contribution in [0.25, 0.3) is 6.08 Å². The third-order valence-electron chi connectivity index (χ3n) is 4.08. The first-order chi connectivity index (χ1) is 16.1. The summed E-state index contributed by atoms with van der Waals surface area (Å²) in [7, 11) is -2.25. The van der Waals surface area contributed by atoms with Crippen molar-refractivity contribution in [1.82, 2.24) is 10.2 Å². The van der Waals surface area contributed by atoms with Gasteiger partial charge in [0.1, 0.15) is 11.6 Å². The van der Waals surface area contributed by atoms with Gasteiger partial charge in [-0.25, -0.2) is 13.2 Å². The number of carbonyl (C=O) groups excluding carboxylic acids is 2. The van der Waals surface area contributed by atoms with Gasteiger partial charge in [-0.05, 0) is 35.9 Å². The van der Waals surface area contributed by atoms with E-state index in [2.05, 4.69) is 15.5 Å². The van der Waals surface area contributed by atoms with Crippen LogP contribution in [-0.2, 0) is 14.6 Å². The van der Waals surface area contributed by atoms with Gasteiger partial charge < -0.3 is 9.47 Å². The first-order valence-electron chi connectivity index (χ1n) is 9.24. The Morgan fingerprint density at radius 2 is 1.91 bits per heavy atom. The first-order valence-corrected chi connectivity index (χ1v) is 12.3. The van der Waals surface area contributed by atoms with Crippen molar-refractivity contribution in [3.05, 3.63) is 64.2 Å². The minimum absolute atomic E-state index is 0.00879. The topological polar surface area (TPSA) is 148 Å². The summed E-state index contributed by atoms with van der Waals surface area (Å²) in [5.41, 5.74) is 0.286. The van der Waals surface area contributed by atoms with Gasteiger partial charge in [-0.1, -0.05) is 41.1 Å². The average Bonchev–Trinajstić information content (AvgIpc) is 3.28. The molecule has 0 saturated heterocycles. The Balaban J connectivity index is 1.85. The quantitative estimate of drug-likeness (QED) is 0.163. The lowest BCUT2D eigenvalue weighted by Crippen LogP contribution is -2.13. The fourth-order valence-electron chi connectivity index (χ4n) is 2.54. The number of rotatable bonds is 7. The van der Waals surface area contributed by atoms with Crippen molar-refractivity contribution in [2.24, 2.45) is 0 Å². The zero-order chi connectivity index (χ0) is 24.9. The van der Waals surface area contributed by atoms with Crippen LogP contribution >= 0.6 is 22.9 Å². The number of hydrogen-bond donors (Lipinski definition) is 1. The number of hydrogen-bond acceptors (Lipinski definition) is 10. The van der Waals surface area contributed by atoms with Crippen LogP contribution in [0.2, 0.25) is 5.02 Å². The molecule has 1 amide bonds. The largest absolute Gasteiger partial charge is 0.493 e. The number of aromatic nitrogens is 2. The maximum atomic E-state index is 12.5. The fraction of sp³-hybridized carbons (Fsp3) is 0.0952. The van der Waals surface area contributed by atoms with E-state index in [1.165, 1.54) is 25.3 Å². The van der Waals surface area contributed by atoms with Gasteiger partial charge in [-0.2, -0.15) is 5.26 Å². The van der Waals surface area contributed by atoms with Crippen LogP contribution in [0.15, 0.2) is 52.4 Å². The predicted octanol–water partition coefficient (Wildman–Crippen LogP) is 3.37. The Labute approximate surface area is 203 Å². The van der Waals surface area contributed by atoms with Crippen molar-refractivity contribution in [2.75, 3.05) is 18.7 Å². The van der Waals surface area contributed by atoms with E-state index in [0.717, 1.165) is 6.26 Å². The van der Waals surface area contributed by atoms with Gasteiger partial charge in [-0.15, -0.1) is 10.2 Å². The number of sulfone groups is 1. The smallest absolute Gasteiger partial charge is 0.343 e. The van der Waals surface area contributed by atoms with E-state index < -0.39 is 21.7 Å². The van der Waals surface area contributed by atoms with Crippen LogP contribution in [0.1, 0.15) is 15.9 Å². The molecule has 0 atom stereocenters. The van der Waals surface area contributed by atoms with Crippen LogP contribution in [-0.4, -0.2) is 43.9 Å².